The van der Waals surface area contributed by atoms with E-state index in [9.17, 15) is 0 Å². The van der Waals surface area contributed by atoms with Crippen LogP contribution in [0, 0.1) is 29.6 Å². The topological polar surface area (TPSA) is 72.9 Å². The summed E-state index contributed by atoms with van der Waals surface area (Å²) in [5.74, 6) is 0.742. The molecule has 0 saturated heterocycles. The lowest BCUT2D eigenvalue weighted by Gasteiger charge is -2.23. The SMILES string of the molecule is BN(Cc1cnc(C)c(OCc2cccc(C#N)c2)c1/C=C/C)c1ccc(C#N)cc1. The second-order valence-corrected chi connectivity index (χ2v) is 7.23. The van der Waals surface area contributed by atoms with E-state index in [2.05, 4.69) is 21.9 Å². The van der Waals surface area contributed by atoms with Crippen LogP contribution in [-0.2, 0) is 13.2 Å². The first-order valence-corrected chi connectivity index (χ1v) is 10.00. The minimum absolute atomic E-state index is 0.359. The Labute approximate surface area is 184 Å². The Morgan fingerprint density at radius 3 is 2.52 bits per heavy atom. The van der Waals surface area contributed by atoms with Gasteiger partial charge < -0.3 is 9.55 Å². The van der Waals surface area contributed by atoms with Gasteiger partial charge >= 0.3 is 0 Å². The van der Waals surface area contributed by atoms with E-state index in [0.29, 0.717) is 24.3 Å². The molecule has 0 fully saturated rings. The van der Waals surface area contributed by atoms with Gasteiger partial charge in [-0.1, -0.05) is 24.3 Å². The maximum atomic E-state index is 9.12. The van der Waals surface area contributed by atoms with Gasteiger partial charge in [-0.2, -0.15) is 10.5 Å². The second kappa shape index (κ2) is 10.1. The number of allylic oxidation sites excluding steroid dienone is 1. The highest BCUT2D eigenvalue weighted by atomic mass is 16.5. The quantitative estimate of drug-likeness (QED) is 0.547. The number of hydrogen-bond donors (Lipinski definition) is 0. The van der Waals surface area contributed by atoms with Crippen LogP contribution in [0.25, 0.3) is 6.08 Å². The Morgan fingerprint density at radius 1 is 1.10 bits per heavy atom. The van der Waals surface area contributed by atoms with Gasteiger partial charge in [0.25, 0.3) is 0 Å². The van der Waals surface area contributed by atoms with Crippen molar-refractivity contribution < 1.29 is 4.74 Å². The van der Waals surface area contributed by atoms with Gasteiger partial charge in [-0.25, -0.2) is 0 Å². The molecule has 0 spiro atoms. The zero-order valence-electron chi connectivity index (χ0n) is 18.0. The van der Waals surface area contributed by atoms with Crippen molar-refractivity contribution in [2.24, 2.45) is 0 Å². The smallest absolute Gasteiger partial charge is 0.217 e. The fourth-order valence-corrected chi connectivity index (χ4v) is 3.32. The number of benzene rings is 2. The van der Waals surface area contributed by atoms with Crippen LogP contribution in [0.1, 0.15) is 40.4 Å². The largest absolute Gasteiger partial charge is 0.486 e. The molecule has 0 aliphatic carbocycles. The lowest BCUT2D eigenvalue weighted by molar-refractivity contribution is 0.301. The molecule has 0 bridgehead atoms. The molecule has 1 heterocycles. The maximum Gasteiger partial charge on any atom is 0.217 e. The number of rotatable bonds is 7. The Hall–Kier alpha value is -4.03. The van der Waals surface area contributed by atoms with Gasteiger partial charge in [0.05, 0.1) is 29.0 Å². The number of aryl methyl sites for hydroxylation is 1. The summed E-state index contributed by atoms with van der Waals surface area (Å²) in [4.78, 5) is 6.67. The lowest BCUT2D eigenvalue weighted by atomic mass is 10.0. The monoisotopic (exact) mass is 406 g/mol. The number of nitriles is 2. The molecule has 0 atom stereocenters. The van der Waals surface area contributed by atoms with E-state index in [1.807, 2.05) is 82.6 Å². The molecule has 6 heteroatoms. The average Bonchev–Trinajstić information content (AvgIpc) is 2.80. The van der Waals surface area contributed by atoms with E-state index in [1.54, 1.807) is 6.07 Å². The van der Waals surface area contributed by atoms with Gasteiger partial charge in [-0.15, -0.1) is 0 Å². The van der Waals surface area contributed by atoms with Gasteiger partial charge in [-0.3, -0.25) is 4.98 Å². The lowest BCUT2D eigenvalue weighted by Crippen LogP contribution is -2.19. The number of hydrogen-bond acceptors (Lipinski definition) is 5. The van der Waals surface area contributed by atoms with E-state index in [1.165, 1.54) is 0 Å². The molecular formula is C25H23BN4O. The summed E-state index contributed by atoms with van der Waals surface area (Å²) in [6.45, 7) is 4.91. The predicted octanol–water partition coefficient (Wildman–Crippen LogP) is 4.30. The van der Waals surface area contributed by atoms with Crippen molar-refractivity contribution in [2.45, 2.75) is 27.0 Å². The molecule has 0 amide bonds. The Balaban J connectivity index is 1.87. The summed E-state index contributed by atoms with van der Waals surface area (Å²) in [7, 11) is 2.01. The molecule has 5 nitrogen and oxygen atoms in total. The third-order valence-electron chi connectivity index (χ3n) is 4.95. The highest BCUT2D eigenvalue weighted by Crippen LogP contribution is 2.29. The Morgan fingerprint density at radius 2 is 1.84 bits per heavy atom. The number of anilines is 1. The van der Waals surface area contributed by atoms with Gasteiger partial charge in [0.1, 0.15) is 12.4 Å². The standard InChI is InChI=1S/C25H23BN4O/c1-3-5-24-22(16-30(26)23-10-8-19(13-27)9-11-23)15-29-18(2)25(24)31-17-21-7-4-6-20(12-21)14-28/h3-12,15H,16-17,26H2,1-2H3/b5-3+. The number of pyridine rings is 1. The van der Waals surface area contributed by atoms with E-state index < -0.39 is 0 Å². The molecule has 0 N–H and O–H groups in total. The normalized spacial score (nSPS) is 10.5. The fraction of sp³-hybridized carbons (Fsp3) is 0.160. The van der Waals surface area contributed by atoms with Crippen LogP contribution in [0.3, 0.4) is 0 Å². The van der Waals surface area contributed by atoms with E-state index in [-0.39, 0.29) is 0 Å². The molecule has 0 aliphatic heterocycles. The first-order chi connectivity index (χ1) is 15.0. The van der Waals surface area contributed by atoms with Crippen molar-refractivity contribution >= 4 is 19.7 Å². The zero-order chi connectivity index (χ0) is 22.2. The first kappa shape index (κ1) is 21.7. The minimum atomic E-state index is 0.359. The molecule has 0 radical (unpaired) electrons. The van der Waals surface area contributed by atoms with E-state index in [4.69, 9.17) is 15.3 Å². The predicted molar refractivity (Wildman–Crippen MR) is 125 cm³/mol. The van der Waals surface area contributed by atoms with Crippen LogP contribution < -0.4 is 9.55 Å². The van der Waals surface area contributed by atoms with Crippen LogP contribution in [-0.4, -0.2) is 13.0 Å². The van der Waals surface area contributed by atoms with Crippen molar-refractivity contribution in [1.29, 1.82) is 10.5 Å². The van der Waals surface area contributed by atoms with Crippen molar-refractivity contribution in [3.8, 4) is 17.9 Å². The molecule has 1 aromatic heterocycles. The van der Waals surface area contributed by atoms with Crippen LogP contribution in [0.5, 0.6) is 5.75 Å². The van der Waals surface area contributed by atoms with Gasteiger partial charge in [0.15, 0.2) is 0 Å². The highest BCUT2D eigenvalue weighted by molar-refractivity contribution is 6.17. The average molecular weight is 406 g/mol. The molecular weight excluding hydrogens is 383 g/mol. The molecule has 3 rings (SSSR count). The molecule has 2 aromatic carbocycles. The van der Waals surface area contributed by atoms with E-state index in [0.717, 1.165) is 33.8 Å². The molecule has 3 aromatic rings. The number of ether oxygens (including phenoxy) is 1. The number of nitrogens with zero attached hydrogens (tertiary/aromatic N) is 4. The zero-order valence-corrected chi connectivity index (χ0v) is 18.0. The summed E-state index contributed by atoms with van der Waals surface area (Å²) in [5.41, 5.74) is 6.05. The van der Waals surface area contributed by atoms with Gasteiger partial charge in [-0.05, 0) is 61.4 Å². The second-order valence-electron chi connectivity index (χ2n) is 7.23. The fourth-order valence-electron chi connectivity index (χ4n) is 3.32. The summed E-state index contributed by atoms with van der Waals surface area (Å²) in [6.07, 6.45) is 5.91. The van der Waals surface area contributed by atoms with Crippen LogP contribution in [0.15, 0.2) is 60.8 Å². The molecule has 0 unspecified atom stereocenters. The molecule has 31 heavy (non-hydrogen) atoms. The van der Waals surface area contributed by atoms with Crippen molar-refractivity contribution in [1.82, 2.24) is 4.98 Å². The third kappa shape index (κ3) is 5.32. The summed E-state index contributed by atoms with van der Waals surface area (Å²) in [5, 5.41) is 18.1. The third-order valence-corrected chi connectivity index (χ3v) is 4.95. The Kier molecular flexibility index (Phi) is 7.09. The molecule has 0 saturated carbocycles. The Bertz CT molecular complexity index is 1170. The van der Waals surface area contributed by atoms with Gasteiger partial charge in [0, 0.05) is 24.0 Å². The summed E-state index contributed by atoms with van der Waals surface area (Å²) in [6, 6.07) is 19.2. The maximum absolute atomic E-state index is 9.12. The highest BCUT2D eigenvalue weighted by Gasteiger charge is 2.14. The van der Waals surface area contributed by atoms with Crippen molar-refractivity contribution in [3.05, 3.63) is 94.3 Å². The van der Waals surface area contributed by atoms with Crippen LogP contribution in [0.2, 0.25) is 0 Å². The van der Waals surface area contributed by atoms with Crippen molar-refractivity contribution in [2.75, 3.05) is 4.81 Å². The minimum Gasteiger partial charge on any atom is -0.486 e. The van der Waals surface area contributed by atoms with Crippen molar-refractivity contribution in [3.63, 3.8) is 0 Å². The molecule has 0 aliphatic rings. The van der Waals surface area contributed by atoms with Crippen LogP contribution in [0.4, 0.5) is 5.69 Å². The summed E-state index contributed by atoms with van der Waals surface area (Å²) < 4.78 is 6.19. The van der Waals surface area contributed by atoms with Crippen LogP contribution >= 0.6 is 0 Å². The number of aromatic nitrogens is 1. The van der Waals surface area contributed by atoms with E-state index >= 15 is 0 Å². The molecule has 152 valence electrons. The van der Waals surface area contributed by atoms with Gasteiger partial charge in [0.2, 0.25) is 7.98 Å². The summed E-state index contributed by atoms with van der Waals surface area (Å²) >= 11 is 0. The first-order valence-electron chi connectivity index (χ1n) is 10.00.